The van der Waals surface area contributed by atoms with Gasteiger partial charge in [-0.25, -0.2) is 9.59 Å². The third kappa shape index (κ3) is 22.3. The molecule has 422 valence electrons. The van der Waals surface area contributed by atoms with Gasteiger partial charge in [-0.3, -0.25) is 19.4 Å². The van der Waals surface area contributed by atoms with E-state index >= 15 is 0 Å². The number of benzene rings is 5. The standard InChI is InChI=1S/C57H73N7O9.2CH4.2H2S/c1-7-9-19-36-70-47-32-30-40-24-13-15-26-42(40)50(47)51-43-27-16-14-25-41(43)31-33-48(51)71-38-49(65)62-44(28-17-18-34-61-56(69)73-57(3,4)5)52(66)63-45(29-20-35-60-55(58)59-6)53(67)64-46(21-8-2)54(68)72-37-39-22-11-10-12-23-39;;;;/h8,10-16,22-27,30-33,44-46H,2,7,9,17-21,28-29,34-38H2,1,3-6H3,(H,61,69)(H,62,65)(H,63,66)(H,64,67)(H3,58,59,60);2*1H4;2*1H2/t44-,45-,46+;;;;/m1..../s1. The number of nitrogens with two attached hydrogens (primary N) is 1. The van der Waals surface area contributed by atoms with Crippen molar-refractivity contribution in [3.05, 3.63) is 121 Å². The summed E-state index contributed by atoms with van der Waals surface area (Å²) in [6, 6.07) is 29.5. The Morgan fingerprint density at radius 2 is 1.21 bits per heavy atom. The zero-order valence-corrected chi connectivity index (χ0v) is 45.9. The van der Waals surface area contributed by atoms with Crippen LogP contribution < -0.4 is 41.8 Å². The second-order valence-corrected chi connectivity index (χ2v) is 18.6. The molecule has 0 saturated heterocycles. The van der Waals surface area contributed by atoms with Gasteiger partial charge in [0.25, 0.3) is 5.91 Å². The lowest BCUT2D eigenvalue weighted by Gasteiger charge is -2.25. The summed E-state index contributed by atoms with van der Waals surface area (Å²) in [5, 5.41) is 18.0. The number of carbonyl (C=O) groups is 5. The number of esters is 1. The largest absolute Gasteiger partial charge is 0.493 e. The minimum absolute atomic E-state index is 0. The first-order valence-corrected chi connectivity index (χ1v) is 25.1. The van der Waals surface area contributed by atoms with Gasteiger partial charge in [0, 0.05) is 31.3 Å². The lowest BCUT2D eigenvalue weighted by Crippen LogP contribution is -2.56. The van der Waals surface area contributed by atoms with E-state index in [0.29, 0.717) is 43.9 Å². The average molecular weight is 1100 g/mol. The van der Waals surface area contributed by atoms with Crippen LogP contribution in [0.4, 0.5) is 4.79 Å². The minimum Gasteiger partial charge on any atom is -0.493 e. The third-order valence-corrected chi connectivity index (χ3v) is 11.7. The van der Waals surface area contributed by atoms with Crippen LogP contribution in [0.5, 0.6) is 11.5 Å². The van der Waals surface area contributed by atoms with Gasteiger partial charge >= 0.3 is 12.1 Å². The molecule has 5 rings (SSSR count). The lowest BCUT2D eigenvalue weighted by molar-refractivity contribution is -0.149. The molecule has 7 N–H and O–H groups in total. The Morgan fingerprint density at radius 3 is 1.79 bits per heavy atom. The number of alkyl carbamates (subject to hydrolysis) is 1. The van der Waals surface area contributed by atoms with E-state index in [1.807, 2.05) is 103 Å². The van der Waals surface area contributed by atoms with Crippen LogP contribution in [0.25, 0.3) is 32.7 Å². The van der Waals surface area contributed by atoms with Gasteiger partial charge in [-0.15, -0.1) is 6.58 Å². The predicted octanol–water partition coefficient (Wildman–Crippen LogP) is 9.89. The Labute approximate surface area is 470 Å². The maximum atomic E-state index is 14.5. The van der Waals surface area contributed by atoms with Gasteiger partial charge in [-0.05, 0) is 105 Å². The Balaban J connectivity index is 0.00000741. The highest BCUT2D eigenvalue weighted by Gasteiger charge is 2.30. The van der Waals surface area contributed by atoms with E-state index in [-0.39, 0.29) is 80.2 Å². The van der Waals surface area contributed by atoms with Crippen molar-refractivity contribution in [2.45, 2.75) is 131 Å². The van der Waals surface area contributed by atoms with Crippen LogP contribution in [0.2, 0.25) is 0 Å². The summed E-state index contributed by atoms with van der Waals surface area (Å²) in [4.78, 5) is 72.3. The minimum atomic E-state index is -1.16. The van der Waals surface area contributed by atoms with Gasteiger partial charge in [0.15, 0.2) is 12.6 Å². The molecule has 0 aromatic heterocycles. The highest BCUT2D eigenvalue weighted by atomic mass is 32.1. The lowest BCUT2D eigenvalue weighted by atomic mass is 9.92. The number of nitrogens with zero attached hydrogens (tertiary/aromatic N) is 1. The zero-order valence-electron chi connectivity index (χ0n) is 43.9. The van der Waals surface area contributed by atoms with Crippen LogP contribution in [0, 0.1) is 0 Å². The molecule has 0 aliphatic heterocycles. The third-order valence-electron chi connectivity index (χ3n) is 11.7. The van der Waals surface area contributed by atoms with E-state index in [1.165, 1.54) is 13.1 Å². The van der Waals surface area contributed by atoms with Gasteiger partial charge in [-0.1, -0.05) is 132 Å². The Bertz CT molecular complexity index is 2670. The van der Waals surface area contributed by atoms with Crippen LogP contribution >= 0.6 is 27.0 Å². The van der Waals surface area contributed by atoms with Crippen molar-refractivity contribution in [2.24, 2.45) is 10.7 Å². The monoisotopic (exact) mass is 1100 g/mol. The van der Waals surface area contributed by atoms with Crippen LogP contribution in [-0.4, -0.2) is 92.8 Å². The number of guanidine groups is 1. The van der Waals surface area contributed by atoms with Crippen molar-refractivity contribution in [1.82, 2.24) is 26.6 Å². The first-order valence-electron chi connectivity index (χ1n) is 25.1. The van der Waals surface area contributed by atoms with Crippen molar-refractivity contribution >= 4 is 84.3 Å². The van der Waals surface area contributed by atoms with E-state index in [4.69, 9.17) is 24.7 Å². The SMILES string of the molecule is C.C.C=CC[C@H](NC(=O)[C@@H](CCCNC(N)=NC)NC(=O)[C@@H](CCCCNC(=O)OC(C)(C)C)NC(=O)COc1ccc2ccccc2c1-c1c(OCCCCC)ccc2ccccc12)C(=O)OCc1ccccc1.S.S. The summed E-state index contributed by atoms with van der Waals surface area (Å²) >= 11 is 0. The molecule has 0 aliphatic rings. The molecule has 0 saturated carbocycles. The highest BCUT2D eigenvalue weighted by molar-refractivity contribution is 7.59. The molecule has 4 amide bonds. The molecule has 0 heterocycles. The van der Waals surface area contributed by atoms with Crippen LogP contribution in [0.1, 0.15) is 106 Å². The number of hydrogen-bond donors (Lipinski definition) is 6. The molecule has 0 radical (unpaired) electrons. The number of carbonyl (C=O) groups excluding carboxylic acids is 5. The molecule has 16 nitrogen and oxygen atoms in total. The number of unbranched alkanes of at least 4 members (excludes halogenated alkanes) is 3. The van der Waals surface area contributed by atoms with Crippen LogP contribution in [0.15, 0.2) is 121 Å². The van der Waals surface area contributed by atoms with Crippen molar-refractivity contribution in [3.8, 4) is 22.6 Å². The molecule has 0 fully saturated rings. The maximum Gasteiger partial charge on any atom is 0.407 e. The van der Waals surface area contributed by atoms with Crippen molar-refractivity contribution in [3.63, 3.8) is 0 Å². The number of ether oxygens (including phenoxy) is 4. The molecule has 18 heteroatoms. The van der Waals surface area contributed by atoms with Gasteiger partial charge in [0.1, 0.15) is 41.8 Å². The van der Waals surface area contributed by atoms with Gasteiger partial charge in [0.05, 0.1) is 6.61 Å². The second kappa shape index (κ2) is 35.4. The molecule has 0 bridgehead atoms. The number of aliphatic imine (C=N–C) groups is 1. The highest BCUT2D eigenvalue weighted by Crippen LogP contribution is 2.45. The molecule has 3 atom stereocenters. The quantitative estimate of drug-likeness (QED) is 0.00910. The van der Waals surface area contributed by atoms with Crippen LogP contribution in [0.3, 0.4) is 0 Å². The number of amides is 4. The first-order chi connectivity index (χ1) is 35.2. The van der Waals surface area contributed by atoms with Crippen molar-refractivity contribution in [1.29, 1.82) is 0 Å². The molecule has 77 heavy (non-hydrogen) atoms. The summed E-state index contributed by atoms with van der Waals surface area (Å²) < 4.78 is 23.9. The summed E-state index contributed by atoms with van der Waals surface area (Å²) in [6.07, 6.45) is 5.39. The summed E-state index contributed by atoms with van der Waals surface area (Å²) in [5.74, 6) is -1.22. The smallest absolute Gasteiger partial charge is 0.407 e. The van der Waals surface area contributed by atoms with Gasteiger partial charge < -0.3 is 51.3 Å². The number of fused-ring (bicyclic) bond motifs is 2. The Morgan fingerprint density at radius 1 is 0.662 bits per heavy atom. The van der Waals surface area contributed by atoms with E-state index in [2.05, 4.69) is 45.1 Å². The van der Waals surface area contributed by atoms with E-state index in [1.54, 1.807) is 20.8 Å². The second-order valence-electron chi connectivity index (χ2n) is 18.6. The van der Waals surface area contributed by atoms with Gasteiger partial charge in [-0.2, -0.15) is 27.0 Å². The molecule has 0 spiro atoms. The summed E-state index contributed by atoms with van der Waals surface area (Å²) in [6.45, 7) is 11.8. The Hall–Kier alpha value is -6.92. The molecule has 0 unspecified atom stereocenters. The van der Waals surface area contributed by atoms with E-state index in [0.717, 1.165) is 57.5 Å². The number of rotatable bonds is 28. The van der Waals surface area contributed by atoms with E-state index in [9.17, 15) is 24.0 Å². The molecular formula is C59H85N7O9S2. The summed E-state index contributed by atoms with van der Waals surface area (Å²) in [5.41, 5.74) is 7.53. The predicted molar refractivity (Wildman–Crippen MR) is 321 cm³/mol. The van der Waals surface area contributed by atoms with Gasteiger partial charge in [0.2, 0.25) is 11.8 Å². The zero-order chi connectivity index (χ0) is 52.6. The molecular weight excluding hydrogens is 1010 g/mol. The topological polar surface area (TPSA) is 221 Å². The first kappa shape index (κ1) is 68.1. The maximum absolute atomic E-state index is 14.5. The average Bonchev–Trinajstić information content (AvgIpc) is 3.38. The number of nitrogens with one attached hydrogen (secondary N) is 5. The molecule has 5 aromatic carbocycles. The fraction of sp³-hybridized carbons (Fsp3) is 0.424. The normalized spacial score (nSPS) is 12.0. The van der Waals surface area contributed by atoms with Crippen molar-refractivity contribution in [2.75, 3.05) is 33.4 Å². The molecule has 5 aromatic rings. The molecule has 0 aliphatic carbocycles. The number of hydrogen-bond acceptors (Lipinski definition) is 10. The fourth-order valence-electron chi connectivity index (χ4n) is 8.04. The Kier molecular flexibility index (Phi) is 31.3. The van der Waals surface area contributed by atoms with Crippen molar-refractivity contribution < 1.29 is 42.9 Å². The van der Waals surface area contributed by atoms with Crippen LogP contribution in [-0.2, 0) is 35.3 Å². The fourth-order valence-corrected chi connectivity index (χ4v) is 8.04. The van der Waals surface area contributed by atoms with E-state index < -0.39 is 60.1 Å². The summed E-state index contributed by atoms with van der Waals surface area (Å²) in [7, 11) is 1.54.